The average molecular weight is 287 g/mol. The van der Waals surface area contributed by atoms with Crippen LogP contribution < -0.4 is 16.2 Å². The number of hydrogen-bond donors (Lipinski definition) is 3. The average Bonchev–Trinajstić information content (AvgIpc) is 2.28. The van der Waals surface area contributed by atoms with Gasteiger partial charge in [0.15, 0.2) is 0 Å². The highest BCUT2D eigenvalue weighted by molar-refractivity contribution is 7.89. The topological polar surface area (TPSA) is 107 Å². The number of nitrogen functional groups attached to an aromatic ring is 1. The molecule has 0 bridgehead atoms. The van der Waals surface area contributed by atoms with E-state index in [0.717, 1.165) is 0 Å². The summed E-state index contributed by atoms with van der Waals surface area (Å²) in [6, 6.07) is 3.05. The van der Waals surface area contributed by atoms with Gasteiger partial charge < -0.3 is 15.8 Å². The molecule has 5 N–H and O–H groups in total. The number of rotatable bonds is 6. The molecule has 0 fully saturated rings. The van der Waals surface area contributed by atoms with Crippen molar-refractivity contribution in [3.05, 3.63) is 17.7 Å². The summed E-state index contributed by atoms with van der Waals surface area (Å²) in [7, 11) is -3.78. The second-order valence-corrected chi connectivity index (χ2v) is 5.91. The lowest BCUT2D eigenvalue weighted by Gasteiger charge is -2.17. The first-order valence-electron chi connectivity index (χ1n) is 6.04. The number of hydrogen-bond acceptors (Lipinski definition) is 5. The Hall–Kier alpha value is -1.31. The molecule has 0 saturated heterocycles. The van der Waals surface area contributed by atoms with Gasteiger partial charge in [-0.25, -0.2) is 13.6 Å². The third-order valence-electron chi connectivity index (χ3n) is 2.72. The number of anilines is 2. The highest BCUT2D eigenvalue weighted by Crippen LogP contribution is 2.26. The molecule has 1 atom stereocenters. The molecule has 6 nitrogen and oxygen atoms in total. The first-order valence-corrected chi connectivity index (χ1v) is 7.58. The smallest absolute Gasteiger partial charge is 0.238 e. The molecule has 0 saturated carbocycles. The molecule has 0 aromatic heterocycles. The molecule has 1 aromatic carbocycles. The van der Waals surface area contributed by atoms with Crippen LogP contribution in [0.25, 0.3) is 0 Å². The Morgan fingerprint density at radius 1 is 1.42 bits per heavy atom. The zero-order valence-electron chi connectivity index (χ0n) is 11.4. The Morgan fingerprint density at radius 2 is 2.05 bits per heavy atom. The third-order valence-corrected chi connectivity index (χ3v) is 3.76. The van der Waals surface area contributed by atoms with Crippen LogP contribution in [0, 0.1) is 6.92 Å². The summed E-state index contributed by atoms with van der Waals surface area (Å²) in [5.41, 5.74) is 7.25. The predicted octanol–water partition coefficient (Wildman–Crippen LogP) is 1.06. The van der Waals surface area contributed by atoms with Crippen LogP contribution in [0.2, 0.25) is 0 Å². The van der Waals surface area contributed by atoms with Crippen LogP contribution in [-0.4, -0.2) is 27.7 Å². The van der Waals surface area contributed by atoms with Crippen molar-refractivity contribution in [1.29, 1.82) is 0 Å². The molecular weight excluding hydrogens is 266 g/mol. The number of nitrogens with one attached hydrogen (secondary N) is 1. The Kier molecular flexibility index (Phi) is 5.16. The van der Waals surface area contributed by atoms with Gasteiger partial charge in [-0.2, -0.15) is 0 Å². The van der Waals surface area contributed by atoms with E-state index in [0.29, 0.717) is 30.1 Å². The molecule has 0 aliphatic carbocycles. The molecule has 0 amide bonds. The first kappa shape index (κ1) is 15.7. The summed E-state index contributed by atoms with van der Waals surface area (Å²) in [5, 5.41) is 8.29. The molecule has 1 unspecified atom stereocenters. The monoisotopic (exact) mass is 287 g/mol. The van der Waals surface area contributed by atoms with Gasteiger partial charge in [-0.3, -0.25) is 0 Å². The van der Waals surface area contributed by atoms with Gasteiger partial charge in [-0.1, -0.05) is 0 Å². The van der Waals surface area contributed by atoms with Gasteiger partial charge in [0, 0.05) is 24.5 Å². The van der Waals surface area contributed by atoms with E-state index in [1.54, 1.807) is 13.0 Å². The van der Waals surface area contributed by atoms with Gasteiger partial charge in [0.25, 0.3) is 0 Å². The summed E-state index contributed by atoms with van der Waals surface area (Å²) in [5.74, 6) is 0. The largest absolute Gasteiger partial charge is 0.399 e. The molecule has 1 aromatic rings. The Balaban J connectivity index is 2.99. The van der Waals surface area contributed by atoms with Crippen LogP contribution in [0.15, 0.2) is 17.0 Å². The fraction of sp³-hybridized carbons (Fsp3) is 0.500. The summed E-state index contributed by atoms with van der Waals surface area (Å²) in [6.45, 7) is 6.72. The van der Waals surface area contributed by atoms with Crippen LogP contribution in [0.1, 0.15) is 19.4 Å². The molecule has 0 spiro atoms. The van der Waals surface area contributed by atoms with Crippen molar-refractivity contribution in [1.82, 2.24) is 0 Å². The SMILES string of the molecule is CCOC(C)CNc1cc(N)cc(S(N)(=O)=O)c1C. The maximum Gasteiger partial charge on any atom is 0.238 e. The predicted molar refractivity (Wildman–Crippen MR) is 76.5 cm³/mol. The zero-order chi connectivity index (χ0) is 14.6. The van der Waals surface area contributed by atoms with E-state index >= 15 is 0 Å². The molecule has 1 rings (SSSR count). The summed E-state index contributed by atoms with van der Waals surface area (Å²) < 4.78 is 28.3. The van der Waals surface area contributed by atoms with E-state index in [4.69, 9.17) is 15.6 Å². The molecule has 19 heavy (non-hydrogen) atoms. The van der Waals surface area contributed by atoms with E-state index < -0.39 is 10.0 Å². The van der Waals surface area contributed by atoms with Crippen LogP contribution in [-0.2, 0) is 14.8 Å². The number of sulfonamides is 1. The van der Waals surface area contributed by atoms with Crippen molar-refractivity contribution >= 4 is 21.4 Å². The van der Waals surface area contributed by atoms with Crippen LogP contribution in [0.3, 0.4) is 0 Å². The van der Waals surface area contributed by atoms with Crippen LogP contribution >= 0.6 is 0 Å². The van der Waals surface area contributed by atoms with Crippen LogP contribution in [0.4, 0.5) is 11.4 Å². The fourth-order valence-corrected chi connectivity index (χ4v) is 2.62. The van der Waals surface area contributed by atoms with E-state index in [1.807, 2.05) is 13.8 Å². The molecule has 0 aliphatic rings. The maximum absolute atomic E-state index is 11.5. The minimum atomic E-state index is -3.78. The molecular formula is C12H21N3O3S. The van der Waals surface area contributed by atoms with E-state index in [-0.39, 0.29) is 11.0 Å². The lowest BCUT2D eigenvalue weighted by Crippen LogP contribution is -2.21. The summed E-state index contributed by atoms with van der Waals surface area (Å²) in [6.07, 6.45) is 0.0174. The minimum Gasteiger partial charge on any atom is -0.399 e. The van der Waals surface area contributed by atoms with Gasteiger partial charge in [0.05, 0.1) is 11.0 Å². The van der Waals surface area contributed by atoms with Crippen molar-refractivity contribution in [2.24, 2.45) is 5.14 Å². The van der Waals surface area contributed by atoms with Gasteiger partial charge in [0.2, 0.25) is 10.0 Å². The lowest BCUT2D eigenvalue weighted by molar-refractivity contribution is 0.0855. The van der Waals surface area contributed by atoms with Crippen molar-refractivity contribution in [2.75, 3.05) is 24.2 Å². The van der Waals surface area contributed by atoms with E-state index in [2.05, 4.69) is 5.32 Å². The molecule has 7 heteroatoms. The van der Waals surface area contributed by atoms with Crippen molar-refractivity contribution in [3.63, 3.8) is 0 Å². The van der Waals surface area contributed by atoms with Crippen LogP contribution in [0.5, 0.6) is 0 Å². The van der Waals surface area contributed by atoms with Gasteiger partial charge >= 0.3 is 0 Å². The highest BCUT2D eigenvalue weighted by Gasteiger charge is 2.15. The molecule has 0 radical (unpaired) electrons. The number of primary sulfonamides is 1. The fourth-order valence-electron chi connectivity index (χ4n) is 1.79. The van der Waals surface area contributed by atoms with Crippen molar-refractivity contribution in [3.8, 4) is 0 Å². The normalized spacial score (nSPS) is 13.3. The van der Waals surface area contributed by atoms with Crippen molar-refractivity contribution < 1.29 is 13.2 Å². The van der Waals surface area contributed by atoms with Crippen molar-refractivity contribution in [2.45, 2.75) is 31.8 Å². The minimum absolute atomic E-state index is 0.0174. The van der Waals surface area contributed by atoms with E-state index in [1.165, 1.54) is 6.07 Å². The number of ether oxygens (including phenoxy) is 1. The lowest BCUT2D eigenvalue weighted by atomic mass is 10.1. The first-order chi connectivity index (χ1) is 8.75. The zero-order valence-corrected chi connectivity index (χ0v) is 12.3. The standard InChI is InChI=1S/C12H21N3O3S/c1-4-18-8(2)7-15-11-5-10(13)6-12(9(11)3)19(14,16)17/h5-6,8,15H,4,7,13H2,1-3H3,(H2,14,16,17). The molecule has 108 valence electrons. The second kappa shape index (κ2) is 6.23. The number of nitrogens with two attached hydrogens (primary N) is 2. The summed E-state index contributed by atoms with van der Waals surface area (Å²) in [4.78, 5) is 0.0408. The molecule has 0 heterocycles. The number of benzene rings is 1. The Bertz CT molecular complexity index is 543. The van der Waals surface area contributed by atoms with Gasteiger partial charge in [-0.05, 0) is 38.5 Å². The Labute approximate surface area is 114 Å². The Morgan fingerprint density at radius 3 is 2.58 bits per heavy atom. The summed E-state index contributed by atoms with van der Waals surface area (Å²) >= 11 is 0. The quantitative estimate of drug-likeness (QED) is 0.678. The maximum atomic E-state index is 11.5. The van der Waals surface area contributed by atoms with Gasteiger partial charge in [-0.15, -0.1) is 0 Å². The highest BCUT2D eigenvalue weighted by atomic mass is 32.2. The van der Waals surface area contributed by atoms with E-state index in [9.17, 15) is 8.42 Å². The molecule has 0 aliphatic heterocycles. The van der Waals surface area contributed by atoms with Gasteiger partial charge in [0.1, 0.15) is 0 Å². The third kappa shape index (κ3) is 4.38. The second-order valence-electron chi connectivity index (χ2n) is 4.38.